The van der Waals surface area contributed by atoms with Crippen LogP contribution in [-0.4, -0.2) is 23.5 Å². The maximum atomic E-state index is 3.31. The fourth-order valence-electron chi connectivity index (χ4n) is 2.54. The van der Waals surface area contributed by atoms with Crippen LogP contribution in [0.1, 0.15) is 38.7 Å². The molecule has 0 saturated carbocycles. The molecule has 2 unspecified atom stereocenters. The molecule has 1 saturated heterocycles. The third-order valence-corrected chi connectivity index (χ3v) is 3.64. The molecular weight excluding hydrogens is 206 g/mol. The highest BCUT2D eigenvalue weighted by atomic mass is 15.2. The van der Waals surface area contributed by atoms with Crippen molar-refractivity contribution in [1.29, 1.82) is 0 Å². The van der Waals surface area contributed by atoms with Crippen molar-refractivity contribution in [3.8, 4) is 11.8 Å². The summed E-state index contributed by atoms with van der Waals surface area (Å²) in [4.78, 5) is 2.53. The van der Waals surface area contributed by atoms with Crippen LogP contribution in [0.3, 0.4) is 0 Å². The summed E-state index contributed by atoms with van der Waals surface area (Å²) < 4.78 is 0. The lowest BCUT2D eigenvalue weighted by molar-refractivity contribution is 0.121. The Labute approximate surface area is 105 Å². The summed E-state index contributed by atoms with van der Waals surface area (Å²) >= 11 is 0. The number of piperidine rings is 1. The highest BCUT2D eigenvalue weighted by Gasteiger charge is 2.23. The van der Waals surface area contributed by atoms with Gasteiger partial charge in [0.05, 0.1) is 6.54 Å². The highest BCUT2D eigenvalue weighted by molar-refractivity contribution is 5.33. The van der Waals surface area contributed by atoms with Crippen LogP contribution >= 0.6 is 0 Å². The summed E-state index contributed by atoms with van der Waals surface area (Å²) in [5.41, 5.74) is 1.12. The summed E-state index contributed by atoms with van der Waals surface area (Å²) in [6, 6.07) is 11.6. The van der Waals surface area contributed by atoms with Crippen LogP contribution < -0.4 is 0 Å². The molecule has 2 rings (SSSR count). The topological polar surface area (TPSA) is 3.24 Å². The molecule has 0 aromatic heterocycles. The zero-order valence-corrected chi connectivity index (χ0v) is 10.8. The van der Waals surface area contributed by atoms with Gasteiger partial charge in [-0.05, 0) is 38.8 Å². The molecule has 1 aliphatic rings. The Morgan fingerprint density at radius 3 is 2.41 bits per heavy atom. The average Bonchev–Trinajstić information content (AvgIpc) is 2.34. The Bertz CT molecular complexity index is 389. The van der Waals surface area contributed by atoms with Gasteiger partial charge < -0.3 is 0 Å². The number of rotatable bonds is 1. The average molecular weight is 227 g/mol. The van der Waals surface area contributed by atoms with E-state index in [-0.39, 0.29) is 0 Å². The molecule has 1 aromatic carbocycles. The fraction of sp³-hybridized carbons (Fsp3) is 0.500. The second kappa shape index (κ2) is 5.89. The normalized spacial score (nSPS) is 25.1. The number of likely N-dealkylation sites (tertiary alicyclic amines) is 1. The zero-order chi connectivity index (χ0) is 12.1. The number of hydrogen-bond acceptors (Lipinski definition) is 1. The van der Waals surface area contributed by atoms with Crippen LogP contribution in [0.5, 0.6) is 0 Å². The van der Waals surface area contributed by atoms with E-state index in [0.29, 0.717) is 12.1 Å². The molecule has 0 N–H and O–H groups in total. The molecule has 0 amide bonds. The first kappa shape index (κ1) is 12.2. The molecule has 1 nitrogen and oxygen atoms in total. The summed E-state index contributed by atoms with van der Waals surface area (Å²) in [6.07, 6.45) is 4.00. The lowest BCUT2D eigenvalue weighted by Gasteiger charge is -2.37. The van der Waals surface area contributed by atoms with E-state index < -0.39 is 0 Å². The minimum atomic E-state index is 0.684. The van der Waals surface area contributed by atoms with E-state index in [4.69, 9.17) is 0 Å². The van der Waals surface area contributed by atoms with Gasteiger partial charge in [-0.25, -0.2) is 0 Å². The summed E-state index contributed by atoms with van der Waals surface area (Å²) in [6.45, 7) is 5.54. The van der Waals surface area contributed by atoms with Gasteiger partial charge in [-0.15, -0.1) is 0 Å². The molecule has 1 heteroatoms. The van der Waals surface area contributed by atoms with Crippen LogP contribution in [0, 0.1) is 11.8 Å². The van der Waals surface area contributed by atoms with Crippen molar-refractivity contribution in [3.05, 3.63) is 35.9 Å². The van der Waals surface area contributed by atoms with E-state index in [1.165, 1.54) is 19.3 Å². The molecular formula is C16H21N. The third-order valence-electron chi connectivity index (χ3n) is 3.64. The van der Waals surface area contributed by atoms with Crippen LogP contribution in [0.15, 0.2) is 30.3 Å². The van der Waals surface area contributed by atoms with Crippen LogP contribution in [0.4, 0.5) is 0 Å². The van der Waals surface area contributed by atoms with Crippen molar-refractivity contribution in [2.75, 3.05) is 6.54 Å². The van der Waals surface area contributed by atoms with Gasteiger partial charge in [0.15, 0.2) is 0 Å². The Morgan fingerprint density at radius 1 is 1.12 bits per heavy atom. The summed E-state index contributed by atoms with van der Waals surface area (Å²) in [5, 5.41) is 0. The molecule has 1 heterocycles. The molecule has 1 aromatic rings. The minimum Gasteiger partial charge on any atom is -0.287 e. The van der Waals surface area contributed by atoms with E-state index in [9.17, 15) is 0 Å². The van der Waals surface area contributed by atoms with Crippen molar-refractivity contribution < 1.29 is 0 Å². The van der Waals surface area contributed by atoms with Crippen molar-refractivity contribution in [2.24, 2.45) is 0 Å². The largest absolute Gasteiger partial charge is 0.287 e. The molecule has 1 fully saturated rings. The van der Waals surface area contributed by atoms with Crippen molar-refractivity contribution in [2.45, 2.75) is 45.2 Å². The third kappa shape index (κ3) is 3.35. The first-order chi connectivity index (χ1) is 8.27. The van der Waals surface area contributed by atoms with Gasteiger partial charge in [-0.1, -0.05) is 36.5 Å². The first-order valence-corrected chi connectivity index (χ1v) is 6.57. The van der Waals surface area contributed by atoms with Crippen molar-refractivity contribution in [3.63, 3.8) is 0 Å². The number of hydrogen-bond donors (Lipinski definition) is 0. The monoisotopic (exact) mass is 227 g/mol. The molecule has 0 radical (unpaired) electrons. The van der Waals surface area contributed by atoms with Crippen LogP contribution in [0.2, 0.25) is 0 Å². The lowest BCUT2D eigenvalue weighted by Crippen LogP contribution is -2.43. The van der Waals surface area contributed by atoms with E-state index in [0.717, 1.165) is 12.1 Å². The van der Waals surface area contributed by atoms with Gasteiger partial charge in [-0.2, -0.15) is 0 Å². The van der Waals surface area contributed by atoms with Crippen LogP contribution in [0.25, 0.3) is 0 Å². The van der Waals surface area contributed by atoms with Gasteiger partial charge in [0, 0.05) is 17.6 Å². The van der Waals surface area contributed by atoms with Crippen molar-refractivity contribution in [1.82, 2.24) is 4.90 Å². The molecule has 2 atom stereocenters. The summed E-state index contributed by atoms with van der Waals surface area (Å²) in [7, 11) is 0. The van der Waals surface area contributed by atoms with E-state index >= 15 is 0 Å². The lowest BCUT2D eigenvalue weighted by atomic mass is 9.98. The molecule has 0 spiro atoms. The maximum Gasteiger partial charge on any atom is 0.0610 e. The van der Waals surface area contributed by atoms with Gasteiger partial charge >= 0.3 is 0 Å². The molecule has 90 valence electrons. The number of nitrogens with zero attached hydrogens (tertiary/aromatic N) is 1. The molecule has 17 heavy (non-hydrogen) atoms. The van der Waals surface area contributed by atoms with E-state index in [2.05, 4.69) is 42.7 Å². The van der Waals surface area contributed by atoms with Gasteiger partial charge in [0.2, 0.25) is 0 Å². The van der Waals surface area contributed by atoms with E-state index in [1.54, 1.807) is 0 Å². The first-order valence-electron chi connectivity index (χ1n) is 6.57. The van der Waals surface area contributed by atoms with Gasteiger partial charge in [0.25, 0.3) is 0 Å². The Kier molecular flexibility index (Phi) is 4.23. The number of benzene rings is 1. The van der Waals surface area contributed by atoms with Crippen molar-refractivity contribution >= 4 is 0 Å². The Balaban J connectivity index is 1.95. The predicted octanol–water partition coefficient (Wildman–Crippen LogP) is 3.30. The maximum absolute atomic E-state index is 3.31. The standard InChI is InChI=1S/C16H21N/c1-14-8-6-9-15(2)17(14)13-7-12-16-10-4-3-5-11-16/h3-5,10-11,14-15H,6,8-9,13H2,1-2H3. The smallest absolute Gasteiger partial charge is 0.0610 e. The Hall–Kier alpha value is -1.26. The molecule has 0 bridgehead atoms. The van der Waals surface area contributed by atoms with Gasteiger partial charge in [-0.3, -0.25) is 4.90 Å². The van der Waals surface area contributed by atoms with Crippen LogP contribution in [-0.2, 0) is 0 Å². The predicted molar refractivity (Wildman–Crippen MR) is 72.8 cm³/mol. The highest BCUT2D eigenvalue weighted by Crippen LogP contribution is 2.21. The summed E-state index contributed by atoms with van der Waals surface area (Å²) in [5.74, 6) is 6.55. The second-order valence-electron chi connectivity index (χ2n) is 4.97. The van der Waals surface area contributed by atoms with E-state index in [1.807, 2.05) is 18.2 Å². The quantitative estimate of drug-likeness (QED) is 0.665. The Morgan fingerprint density at radius 2 is 1.76 bits per heavy atom. The molecule has 0 aliphatic carbocycles. The zero-order valence-electron chi connectivity index (χ0n) is 10.8. The minimum absolute atomic E-state index is 0.684. The molecule has 1 aliphatic heterocycles. The SMILES string of the molecule is CC1CCCC(C)N1CC#Cc1ccccc1. The van der Waals surface area contributed by atoms with Gasteiger partial charge in [0.1, 0.15) is 0 Å². The fourth-order valence-corrected chi connectivity index (χ4v) is 2.54. The second-order valence-corrected chi connectivity index (χ2v) is 4.97.